The molecule has 24 heavy (non-hydrogen) atoms. The summed E-state index contributed by atoms with van der Waals surface area (Å²) in [7, 11) is 0. The number of rotatable bonds is 3. The molecule has 3 rings (SSSR count). The molecular formula is C16H12F3N3O2. The van der Waals surface area contributed by atoms with E-state index in [1.54, 1.807) is 24.3 Å². The Kier molecular flexibility index (Phi) is 3.96. The predicted octanol–water partition coefficient (Wildman–Crippen LogP) is 2.91. The van der Waals surface area contributed by atoms with Crippen molar-refractivity contribution in [2.24, 2.45) is 0 Å². The third-order valence-electron chi connectivity index (χ3n) is 3.61. The van der Waals surface area contributed by atoms with Crippen LogP contribution in [-0.2, 0) is 11.0 Å². The largest absolute Gasteiger partial charge is 0.433 e. The molecule has 1 aliphatic heterocycles. The molecule has 8 heteroatoms. The third-order valence-corrected chi connectivity index (χ3v) is 3.61. The van der Waals surface area contributed by atoms with E-state index in [4.69, 9.17) is 0 Å². The van der Waals surface area contributed by atoms with Crippen LogP contribution in [0.4, 0.5) is 18.9 Å². The fourth-order valence-corrected chi connectivity index (χ4v) is 2.52. The third kappa shape index (κ3) is 3.22. The summed E-state index contributed by atoms with van der Waals surface area (Å²) in [5.74, 6) is -0.682. The van der Waals surface area contributed by atoms with Gasteiger partial charge in [0, 0.05) is 5.56 Å². The topological polar surface area (TPSA) is 71.1 Å². The molecule has 5 nitrogen and oxygen atoms in total. The van der Waals surface area contributed by atoms with Crippen LogP contribution in [0.15, 0.2) is 42.6 Å². The van der Waals surface area contributed by atoms with E-state index in [9.17, 15) is 22.8 Å². The van der Waals surface area contributed by atoms with Crippen molar-refractivity contribution in [3.05, 3.63) is 59.4 Å². The number of carbonyl (C=O) groups is 2. The lowest BCUT2D eigenvalue weighted by molar-refractivity contribution is -0.141. The monoisotopic (exact) mass is 335 g/mol. The first-order valence-electron chi connectivity index (χ1n) is 7.07. The van der Waals surface area contributed by atoms with Gasteiger partial charge in [0.2, 0.25) is 5.91 Å². The lowest BCUT2D eigenvalue weighted by Crippen LogP contribution is -2.24. The molecule has 0 fully saturated rings. The summed E-state index contributed by atoms with van der Waals surface area (Å²) in [5, 5.41) is 5.17. The first-order chi connectivity index (χ1) is 11.3. The van der Waals surface area contributed by atoms with E-state index >= 15 is 0 Å². The van der Waals surface area contributed by atoms with Crippen molar-refractivity contribution in [2.45, 2.75) is 18.6 Å². The van der Waals surface area contributed by atoms with Gasteiger partial charge in [-0.15, -0.1) is 0 Å². The highest BCUT2D eigenvalue weighted by Crippen LogP contribution is 2.29. The van der Waals surface area contributed by atoms with Crippen LogP contribution in [0.3, 0.4) is 0 Å². The van der Waals surface area contributed by atoms with Gasteiger partial charge in [-0.2, -0.15) is 13.2 Å². The van der Waals surface area contributed by atoms with Crippen LogP contribution >= 0.6 is 0 Å². The molecule has 1 aromatic heterocycles. The Morgan fingerprint density at radius 1 is 1.21 bits per heavy atom. The molecule has 0 aliphatic carbocycles. The Hall–Kier alpha value is -2.90. The first-order valence-corrected chi connectivity index (χ1v) is 7.07. The van der Waals surface area contributed by atoms with Gasteiger partial charge in [0.1, 0.15) is 5.69 Å². The molecule has 1 aliphatic rings. The molecule has 0 bridgehead atoms. The zero-order chi connectivity index (χ0) is 17.3. The van der Waals surface area contributed by atoms with Crippen molar-refractivity contribution >= 4 is 17.5 Å². The van der Waals surface area contributed by atoms with Gasteiger partial charge in [-0.3, -0.25) is 9.59 Å². The van der Waals surface area contributed by atoms with E-state index in [0.29, 0.717) is 5.56 Å². The van der Waals surface area contributed by atoms with Gasteiger partial charge in [-0.05, 0) is 23.8 Å². The van der Waals surface area contributed by atoms with Crippen molar-refractivity contribution in [2.75, 3.05) is 5.32 Å². The number of nitrogens with one attached hydrogen (secondary N) is 2. The number of hydrogen-bond donors (Lipinski definition) is 2. The molecule has 2 aromatic rings. The van der Waals surface area contributed by atoms with Crippen molar-refractivity contribution in [1.29, 1.82) is 0 Å². The second-order valence-corrected chi connectivity index (χ2v) is 5.30. The summed E-state index contributed by atoms with van der Waals surface area (Å²) in [4.78, 5) is 27.1. The number of nitrogens with zero attached hydrogens (tertiary/aromatic N) is 1. The summed E-state index contributed by atoms with van der Waals surface area (Å²) >= 11 is 0. The van der Waals surface area contributed by atoms with Crippen LogP contribution < -0.4 is 10.6 Å². The molecule has 0 spiro atoms. The number of benzene rings is 1. The molecule has 1 atom stereocenters. The van der Waals surface area contributed by atoms with Crippen LogP contribution in [0.1, 0.15) is 34.1 Å². The second kappa shape index (κ2) is 5.95. The average Bonchev–Trinajstić information content (AvgIpc) is 2.83. The smallest absolute Gasteiger partial charge is 0.345 e. The van der Waals surface area contributed by atoms with Gasteiger partial charge >= 0.3 is 6.18 Å². The number of carbonyl (C=O) groups excluding carboxylic acids is 2. The molecular weight excluding hydrogens is 323 g/mol. The normalized spacial score (nSPS) is 16.5. The zero-order valence-corrected chi connectivity index (χ0v) is 12.2. The summed E-state index contributed by atoms with van der Waals surface area (Å²) in [5.41, 5.74) is 0.373. The van der Waals surface area contributed by atoms with Crippen LogP contribution in [0, 0.1) is 0 Å². The van der Waals surface area contributed by atoms with Crippen molar-refractivity contribution in [1.82, 2.24) is 10.3 Å². The van der Waals surface area contributed by atoms with Crippen molar-refractivity contribution in [3.63, 3.8) is 0 Å². The van der Waals surface area contributed by atoms with Crippen LogP contribution in [-0.4, -0.2) is 16.8 Å². The van der Waals surface area contributed by atoms with Gasteiger partial charge in [-0.25, -0.2) is 4.98 Å². The van der Waals surface area contributed by atoms with E-state index in [-0.39, 0.29) is 18.0 Å². The number of pyridine rings is 1. The molecule has 2 amide bonds. The maximum Gasteiger partial charge on any atom is 0.433 e. The minimum Gasteiger partial charge on any atom is -0.345 e. The highest BCUT2D eigenvalue weighted by molar-refractivity contribution is 6.00. The number of amides is 2. The molecule has 2 heterocycles. The lowest BCUT2D eigenvalue weighted by atomic mass is 10.0. The number of halogens is 3. The molecule has 1 aromatic carbocycles. The maximum atomic E-state index is 12.4. The Bertz CT molecular complexity index is 788. The number of alkyl halides is 3. The van der Waals surface area contributed by atoms with Gasteiger partial charge in [0.15, 0.2) is 0 Å². The molecule has 0 unspecified atom stereocenters. The number of fused-ring (bicyclic) bond motifs is 1. The molecule has 0 radical (unpaired) electrons. The van der Waals surface area contributed by atoms with Gasteiger partial charge < -0.3 is 10.6 Å². The van der Waals surface area contributed by atoms with Gasteiger partial charge in [0.05, 0.1) is 24.3 Å². The van der Waals surface area contributed by atoms with Crippen LogP contribution in [0.25, 0.3) is 0 Å². The van der Waals surface area contributed by atoms with Crippen molar-refractivity contribution in [3.8, 4) is 0 Å². The number of aromatic nitrogens is 1. The standard InChI is InChI=1S/C16H12F3N3O2/c17-16(18,19)13-6-5-9(8-20-13)21-14(23)7-12-10-3-1-2-4-11(10)15(24)22-12/h1-6,8,12H,7H2,(H,21,23)(H,22,24)/t12-/m1/s1. The van der Waals surface area contributed by atoms with E-state index in [0.717, 1.165) is 23.9 Å². The maximum absolute atomic E-state index is 12.4. The van der Waals surface area contributed by atoms with E-state index < -0.39 is 23.8 Å². The number of anilines is 1. The molecule has 0 saturated carbocycles. The Labute approximate surface area is 134 Å². The van der Waals surface area contributed by atoms with Crippen LogP contribution in [0.2, 0.25) is 0 Å². The van der Waals surface area contributed by atoms with E-state index in [1.165, 1.54) is 0 Å². The van der Waals surface area contributed by atoms with E-state index in [2.05, 4.69) is 15.6 Å². The van der Waals surface area contributed by atoms with E-state index in [1.807, 2.05) is 0 Å². The average molecular weight is 335 g/mol. The van der Waals surface area contributed by atoms with Crippen molar-refractivity contribution < 1.29 is 22.8 Å². The Balaban J connectivity index is 1.66. The van der Waals surface area contributed by atoms with Crippen LogP contribution in [0.5, 0.6) is 0 Å². The van der Waals surface area contributed by atoms with Gasteiger partial charge in [-0.1, -0.05) is 18.2 Å². The minimum atomic E-state index is -4.53. The quantitative estimate of drug-likeness (QED) is 0.906. The van der Waals surface area contributed by atoms with Gasteiger partial charge in [0.25, 0.3) is 5.91 Å². The molecule has 0 saturated heterocycles. The summed E-state index contributed by atoms with van der Waals surface area (Å²) in [6.07, 6.45) is -3.61. The summed E-state index contributed by atoms with van der Waals surface area (Å²) in [6.45, 7) is 0. The molecule has 124 valence electrons. The fourth-order valence-electron chi connectivity index (χ4n) is 2.52. The first kappa shape index (κ1) is 16.0. The Morgan fingerprint density at radius 3 is 2.62 bits per heavy atom. The SMILES string of the molecule is O=C(C[C@H]1NC(=O)c2ccccc21)Nc1ccc(C(F)(F)F)nc1. The summed E-state index contributed by atoms with van der Waals surface area (Å²) in [6, 6.07) is 8.39. The Morgan fingerprint density at radius 2 is 1.96 bits per heavy atom. The highest BCUT2D eigenvalue weighted by atomic mass is 19.4. The fraction of sp³-hybridized carbons (Fsp3) is 0.188. The lowest BCUT2D eigenvalue weighted by Gasteiger charge is -2.12. The zero-order valence-electron chi connectivity index (χ0n) is 12.2. The second-order valence-electron chi connectivity index (χ2n) is 5.30. The summed E-state index contributed by atoms with van der Waals surface area (Å²) < 4.78 is 37.3. The minimum absolute atomic E-state index is 0.0240. The predicted molar refractivity (Wildman–Crippen MR) is 79.1 cm³/mol. The molecule has 2 N–H and O–H groups in total. The highest BCUT2D eigenvalue weighted by Gasteiger charge is 2.32. The number of hydrogen-bond acceptors (Lipinski definition) is 3.